The molecule has 1 aromatic rings. The van der Waals surface area contributed by atoms with Crippen LogP contribution < -0.4 is 4.74 Å². The van der Waals surface area contributed by atoms with Gasteiger partial charge in [-0.3, -0.25) is 4.79 Å². The van der Waals surface area contributed by atoms with E-state index in [1.807, 2.05) is 0 Å². The fraction of sp³-hybridized carbons (Fsp3) is 0.625. The van der Waals surface area contributed by atoms with Crippen molar-refractivity contribution in [3.05, 3.63) is 23.0 Å². The van der Waals surface area contributed by atoms with Crippen molar-refractivity contribution in [3.8, 4) is 5.75 Å². The van der Waals surface area contributed by atoms with Gasteiger partial charge in [0.25, 0.3) is 5.95 Å². The molecule has 0 aliphatic heterocycles. The number of nitrogens with zero attached hydrogens (tertiary/aromatic N) is 1. The van der Waals surface area contributed by atoms with Crippen molar-refractivity contribution in [1.29, 1.82) is 0 Å². The molecule has 0 unspecified atom stereocenters. The van der Waals surface area contributed by atoms with Crippen LogP contribution in [0.5, 0.6) is 5.75 Å². The highest BCUT2D eigenvalue weighted by Gasteiger charge is 2.28. The predicted octanol–water partition coefficient (Wildman–Crippen LogP) is 4.92. The van der Waals surface area contributed by atoms with E-state index in [9.17, 15) is 13.6 Å². The normalized spacial score (nSPS) is 21.6. The number of hydrogen-bond donors (Lipinski definition) is 0. The number of aromatic nitrogens is 1. The standard InChI is InChI=1S/C16H20ClF2NO2/c1-2-3-4-10-5-7-11(8-6-10)16(21)22-13-9-12(18)15(19)20-14(13)17/h9-11H,2-8H2,1H3. The van der Waals surface area contributed by atoms with Crippen LogP contribution >= 0.6 is 11.6 Å². The van der Waals surface area contributed by atoms with Crippen LogP contribution in [-0.2, 0) is 4.79 Å². The summed E-state index contributed by atoms with van der Waals surface area (Å²) < 4.78 is 31.1. The van der Waals surface area contributed by atoms with Crippen LogP contribution in [0.4, 0.5) is 8.78 Å². The van der Waals surface area contributed by atoms with Crippen LogP contribution in [0.25, 0.3) is 0 Å². The highest BCUT2D eigenvalue weighted by Crippen LogP contribution is 2.33. The van der Waals surface area contributed by atoms with Gasteiger partial charge >= 0.3 is 5.97 Å². The van der Waals surface area contributed by atoms with Crippen LogP contribution in [0.15, 0.2) is 6.07 Å². The smallest absolute Gasteiger partial charge is 0.314 e. The van der Waals surface area contributed by atoms with Crippen molar-refractivity contribution in [2.24, 2.45) is 11.8 Å². The first-order valence-corrected chi connectivity index (χ1v) is 8.12. The SMILES string of the molecule is CCCCC1CCC(C(=O)Oc2cc(F)c(F)nc2Cl)CC1. The van der Waals surface area contributed by atoms with Gasteiger partial charge in [-0.2, -0.15) is 4.39 Å². The van der Waals surface area contributed by atoms with Gasteiger partial charge < -0.3 is 4.74 Å². The average Bonchev–Trinajstić information content (AvgIpc) is 2.51. The minimum atomic E-state index is -1.30. The van der Waals surface area contributed by atoms with Crippen LogP contribution in [0.3, 0.4) is 0 Å². The Kier molecular flexibility index (Phi) is 6.12. The molecule has 1 aromatic heterocycles. The largest absolute Gasteiger partial charge is 0.423 e. The molecule has 0 bridgehead atoms. The zero-order valence-corrected chi connectivity index (χ0v) is 13.3. The maximum absolute atomic E-state index is 13.1. The number of unbranched alkanes of at least 4 members (excludes halogenated alkanes) is 1. The monoisotopic (exact) mass is 331 g/mol. The summed E-state index contributed by atoms with van der Waals surface area (Å²) in [7, 11) is 0. The molecule has 0 aromatic carbocycles. The Hall–Kier alpha value is -1.23. The second-order valence-electron chi connectivity index (χ2n) is 5.83. The Labute approximate surface area is 134 Å². The van der Waals surface area contributed by atoms with E-state index in [-0.39, 0.29) is 16.8 Å². The molecule has 22 heavy (non-hydrogen) atoms. The Morgan fingerprint density at radius 2 is 2.05 bits per heavy atom. The van der Waals surface area contributed by atoms with E-state index in [0.717, 1.165) is 31.7 Å². The maximum atomic E-state index is 13.1. The molecule has 0 saturated heterocycles. The zero-order chi connectivity index (χ0) is 16.1. The van der Waals surface area contributed by atoms with Gasteiger partial charge in [0.2, 0.25) is 0 Å². The lowest BCUT2D eigenvalue weighted by Gasteiger charge is -2.27. The summed E-state index contributed by atoms with van der Waals surface area (Å²) in [6.45, 7) is 2.17. The number of pyridine rings is 1. The van der Waals surface area contributed by atoms with Crippen molar-refractivity contribution >= 4 is 17.6 Å². The van der Waals surface area contributed by atoms with E-state index in [1.54, 1.807) is 0 Å². The molecule has 1 aliphatic carbocycles. The number of carbonyl (C=O) groups is 1. The molecule has 1 fully saturated rings. The third-order valence-corrected chi connectivity index (χ3v) is 4.48. The van der Waals surface area contributed by atoms with Gasteiger partial charge in [0, 0.05) is 6.07 Å². The minimum absolute atomic E-state index is 0.206. The van der Waals surface area contributed by atoms with Crippen LogP contribution in [-0.4, -0.2) is 11.0 Å². The van der Waals surface area contributed by atoms with E-state index in [4.69, 9.17) is 16.3 Å². The first kappa shape index (κ1) is 17.1. The first-order valence-electron chi connectivity index (χ1n) is 7.74. The molecule has 1 heterocycles. The summed E-state index contributed by atoms with van der Waals surface area (Å²) >= 11 is 5.67. The minimum Gasteiger partial charge on any atom is -0.423 e. The maximum Gasteiger partial charge on any atom is 0.314 e. The van der Waals surface area contributed by atoms with Crippen molar-refractivity contribution in [3.63, 3.8) is 0 Å². The zero-order valence-electron chi connectivity index (χ0n) is 12.6. The lowest BCUT2D eigenvalue weighted by Crippen LogP contribution is -2.26. The molecule has 1 aliphatic rings. The van der Waals surface area contributed by atoms with Gasteiger partial charge in [-0.05, 0) is 31.6 Å². The topological polar surface area (TPSA) is 39.2 Å². The highest BCUT2D eigenvalue weighted by molar-refractivity contribution is 6.30. The number of carbonyl (C=O) groups excluding carboxylic acids is 1. The molecule has 0 spiro atoms. The molecule has 0 radical (unpaired) electrons. The summed E-state index contributed by atoms with van der Waals surface area (Å²) in [6, 6.07) is 0.759. The molecule has 0 N–H and O–H groups in total. The Morgan fingerprint density at radius 3 is 2.68 bits per heavy atom. The lowest BCUT2D eigenvalue weighted by molar-refractivity contribution is -0.140. The predicted molar refractivity (Wildman–Crippen MR) is 79.8 cm³/mol. The second-order valence-corrected chi connectivity index (χ2v) is 6.19. The molecular formula is C16H20ClF2NO2. The molecule has 6 heteroatoms. The third kappa shape index (κ3) is 4.38. The summed E-state index contributed by atoms with van der Waals surface area (Å²) in [5.41, 5.74) is 0. The highest BCUT2D eigenvalue weighted by atomic mass is 35.5. The lowest BCUT2D eigenvalue weighted by atomic mass is 9.80. The molecule has 1 saturated carbocycles. The van der Waals surface area contributed by atoms with E-state index in [1.165, 1.54) is 19.3 Å². The summed E-state index contributed by atoms with van der Waals surface area (Å²) in [5.74, 6) is -2.68. The fourth-order valence-corrected chi connectivity index (χ4v) is 3.04. The van der Waals surface area contributed by atoms with Gasteiger partial charge in [-0.15, -0.1) is 0 Å². The van der Waals surface area contributed by atoms with Gasteiger partial charge in [0.1, 0.15) is 0 Å². The molecular weight excluding hydrogens is 312 g/mol. The average molecular weight is 332 g/mol. The Morgan fingerprint density at radius 1 is 1.36 bits per heavy atom. The Bertz CT molecular complexity index is 531. The van der Waals surface area contributed by atoms with Crippen LogP contribution in [0.1, 0.15) is 51.9 Å². The molecule has 122 valence electrons. The fourth-order valence-electron chi connectivity index (χ4n) is 2.87. The van der Waals surface area contributed by atoms with Crippen molar-refractivity contribution in [2.75, 3.05) is 0 Å². The summed E-state index contributed by atoms with van der Waals surface area (Å²) in [5, 5.41) is -0.344. The second kappa shape index (κ2) is 7.86. The molecule has 0 atom stereocenters. The van der Waals surface area contributed by atoms with E-state index in [0.29, 0.717) is 5.92 Å². The Balaban J connectivity index is 1.90. The van der Waals surface area contributed by atoms with Gasteiger partial charge in [-0.25, -0.2) is 9.37 Å². The van der Waals surface area contributed by atoms with Crippen LogP contribution in [0, 0.1) is 23.6 Å². The molecule has 2 rings (SSSR count). The van der Waals surface area contributed by atoms with Gasteiger partial charge in [-0.1, -0.05) is 37.8 Å². The number of halogens is 3. The molecule has 0 amide bonds. The van der Waals surface area contributed by atoms with Crippen molar-refractivity contribution in [2.45, 2.75) is 51.9 Å². The summed E-state index contributed by atoms with van der Waals surface area (Å²) in [6.07, 6.45) is 7.15. The van der Waals surface area contributed by atoms with E-state index in [2.05, 4.69) is 11.9 Å². The number of esters is 1. The van der Waals surface area contributed by atoms with Gasteiger partial charge in [0.05, 0.1) is 5.92 Å². The first-order chi connectivity index (χ1) is 10.5. The van der Waals surface area contributed by atoms with Crippen molar-refractivity contribution in [1.82, 2.24) is 4.98 Å². The summed E-state index contributed by atoms with van der Waals surface area (Å²) in [4.78, 5) is 15.3. The number of rotatable bonds is 5. The molecule has 3 nitrogen and oxygen atoms in total. The number of ether oxygens (including phenoxy) is 1. The van der Waals surface area contributed by atoms with Gasteiger partial charge in [0.15, 0.2) is 16.7 Å². The van der Waals surface area contributed by atoms with E-state index >= 15 is 0 Å². The third-order valence-electron chi connectivity index (χ3n) is 4.21. The number of hydrogen-bond acceptors (Lipinski definition) is 3. The van der Waals surface area contributed by atoms with Crippen molar-refractivity contribution < 1.29 is 18.3 Å². The van der Waals surface area contributed by atoms with E-state index < -0.39 is 17.7 Å². The van der Waals surface area contributed by atoms with Crippen LogP contribution in [0.2, 0.25) is 5.15 Å². The quantitative estimate of drug-likeness (QED) is 0.568.